The van der Waals surface area contributed by atoms with Crippen LogP contribution in [-0.4, -0.2) is 25.4 Å². The first-order valence-electron chi connectivity index (χ1n) is 7.46. The number of benzene rings is 2. The number of anilines is 2. The highest BCUT2D eigenvalue weighted by Gasteiger charge is 2.15. The van der Waals surface area contributed by atoms with Gasteiger partial charge in [-0.3, -0.25) is 9.52 Å². The molecule has 0 spiro atoms. The minimum Gasteiger partial charge on any atom is -0.478 e. The van der Waals surface area contributed by atoms with E-state index in [0.717, 1.165) is 0 Å². The van der Waals surface area contributed by atoms with E-state index in [4.69, 9.17) is 5.11 Å². The summed E-state index contributed by atoms with van der Waals surface area (Å²) in [4.78, 5) is 22.4. The second-order valence-electron chi connectivity index (χ2n) is 5.66. The van der Waals surface area contributed by atoms with Crippen molar-refractivity contribution in [1.82, 2.24) is 0 Å². The summed E-state index contributed by atoms with van der Waals surface area (Å²) in [5, 5.41) is 11.5. The lowest BCUT2D eigenvalue weighted by Gasteiger charge is -2.10. The van der Waals surface area contributed by atoms with E-state index in [0.29, 0.717) is 11.4 Å². The third-order valence-electron chi connectivity index (χ3n) is 3.34. The molecule has 2 aromatic carbocycles. The third kappa shape index (κ3) is 4.80. The van der Waals surface area contributed by atoms with E-state index >= 15 is 0 Å². The Morgan fingerprint density at radius 2 is 1.44 bits per heavy atom. The van der Waals surface area contributed by atoms with E-state index < -0.39 is 16.0 Å². The Labute approximate surface area is 145 Å². The SMILES string of the molecule is CC(C)C(=O)Nc1ccc(NS(=O)(=O)c2ccc(C(=O)O)cc2)cc1. The molecule has 0 aliphatic rings. The maximum absolute atomic E-state index is 12.3. The highest BCUT2D eigenvalue weighted by atomic mass is 32.2. The number of carbonyl (C=O) groups excluding carboxylic acids is 1. The van der Waals surface area contributed by atoms with Crippen LogP contribution in [0, 0.1) is 5.92 Å². The Balaban J connectivity index is 2.12. The van der Waals surface area contributed by atoms with Crippen molar-refractivity contribution in [2.75, 3.05) is 10.0 Å². The van der Waals surface area contributed by atoms with Crippen LogP contribution in [0.5, 0.6) is 0 Å². The number of carboxylic acid groups (broad SMARTS) is 1. The fourth-order valence-corrected chi connectivity index (χ4v) is 2.96. The zero-order chi connectivity index (χ0) is 18.6. The topological polar surface area (TPSA) is 113 Å². The number of carboxylic acids is 1. The average molecular weight is 362 g/mol. The molecule has 0 aromatic heterocycles. The average Bonchev–Trinajstić information content (AvgIpc) is 2.56. The van der Waals surface area contributed by atoms with E-state index in [1.807, 2.05) is 0 Å². The van der Waals surface area contributed by atoms with Gasteiger partial charge in [-0.15, -0.1) is 0 Å². The molecular formula is C17H18N2O5S. The molecule has 0 unspecified atom stereocenters. The summed E-state index contributed by atoms with van der Waals surface area (Å²) in [6, 6.07) is 11.1. The van der Waals surface area contributed by atoms with Crippen LogP contribution < -0.4 is 10.0 Å². The van der Waals surface area contributed by atoms with Gasteiger partial charge in [0.25, 0.3) is 10.0 Å². The van der Waals surface area contributed by atoms with Crippen molar-refractivity contribution >= 4 is 33.3 Å². The molecule has 25 heavy (non-hydrogen) atoms. The number of amides is 1. The van der Waals surface area contributed by atoms with E-state index in [1.165, 1.54) is 36.4 Å². The van der Waals surface area contributed by atoms with Gasteiger partial charge in [0.05, 0.1) is 10.5 Å². The molecule has 8 heteroatoms. The van der Waals surface area contributed by atoms with Crippen LogP contribution in [0.25, 0.3) is 0 Å². The van der Waals surface area contributed by atoms with Gasteiger partial charge in [-0.1, -0.05) is 13.8 Å². The molecule has 132 valence electrons. The normalized spacial score (nSPS) is 11.2. The summed E-state index contributed by atoms with van der Waals surface area (Å²) in [6.07, 6.45) is 0. The molecule has 0 fully saturated rings. The van der Waals surface area contributed by atoms with Gasteiger partial charge >= 0.3 is 5.97 Å². The number of carbonyl (C=O) groups is 2. The van der Waals surface area contributed by atoms with Crippen molar-refractivity contribution in [3.63, 3.8) is 0 Å². The number of aromatic carboxylic acids is 1. The second kappa shape index (κ2) is 7.35. The molecule has 2 rings (SSSR count). The summed E-state index contributed by atoms with van der Waals surface area (Å²) < 4.78 is 27.0. The Bertz CT molecular complexity index is 872. The van der Waals surface area contributed by atoms with Gasteiger partial charge < -0.3 is 10.4 Å². The molecular weight excluding hydrogens is 344 g/mol. The molecule has 7 nitrogen and oxygen atoms in total. The van der Waals surface area contributed by atoms with E-state index in [-0.39, 0.29) is 22.3 Å². The molecule has 2 aromatic rings. The highest BCUT2D eigenvalue weighted by molar-refractivity contribution is 7.92. The smallest absolute Gasteiger partial charge is 0.335 e. The van der Waals surface area contributed by atoms with E-state index in [1.54, 1.807) is 26.0 Å². The molecule has 0 atom stereocenters. The first-order chi connectivity index (χ1) is 11.7. The summed E-state index contributed by atoms with van der Waals surface area (Å²) >= 11 is 0. The molecule has 0 radical (unpaired) electrons. The maximum Gasteiger partial charge on any atom is 0.335 e. The predicted molar refractivity (Wildman–Crippen MR) is 94.1 cm³/mol. The Morgan fingerprint density at radius 3 is 1.92 bits per heavy atom. The number of nitrogens with one attached hydrogen (secondary N) is 2. The summed E-state index contributed by atoms with van der Waals surface area (Å²) in [7, 11) is -3.84. The van der Waals surface area contributed by atoms with Gasteiger partial charge in [-0.25, -0.2) is 13.2 Å². The second-order valence-corrected chi connectivity index (χ2v) is 7.34. The summed E-state index contributed by atoms with van der Waals surface area (Å²) in [5.74, 6) is -1.42. The monoisotopic (exact) mass is 362 g/mol. The predicted octanol–water partition coefficient (Wildman–Crippen LogP) is 2.78. The van der Waals surface area contributed by atoms with Crippen LogP contribution in [0.2, 0.25) is 0 Å². The van der Waals surface area contributed by atoms with Crippen molar-refractivity contribution in [1.29, 1.82) is 0 Å². The molecule has 0 saturated carbocycles. The molecule has 3 N–H and O–H groups in total. The zero-order valence-electron chi connectivity index (χ0n) is 13.7. The zero-order valence-corrected chi connectivity index (χ0v) is 14.5. The number of sulfonamides is 1. The summed E-state index contributed by atoms with van der Waals surface area (Å²) in [6.45, 7) is 3.54. The van der Waals surface area contributed by atoms with Gasteiger partial charge in [0.15, 0.2) is 0 Å². The fourth-order valence-electron chi connectivity index (χ4n) is 1.90. The lowest BCUT2D eigenvalue weighted by Crippen LogP contribution is -2.17. The Morgan fingerprint density at radius 1 is 0.920 bits per heavy atom. The lowest BCUT2D eigenvalue weighted by atomic mass is 10.2. The van der Waals surface area contributed by atoms with Crippen LogP contribution in [0.4, 0.5) is 11.4 Å². The van der Waals surface area contributed by atoms with Crippen LogP contribution >= 0.6 is 0 Å². The van der Waals surface area contributed by atoms with Crippen molar-refractivity contribution in [2.45, 2.75) is 18.7 Å². The Kier molecular flexibility index (Phi) is 5.43. The highest BCUT2D eigenvalue weighted by Crippen LogP contribution is 2.19. The van der Waals surface area contributed by atoms with Crippen molar-refractivity contribution < 1.29 is 23.1 Å². The molecule has 0 heterocycles. The van der Waals surface area contributed by atoms with Crippen molar-refractivity contribution in [3.8, 4) is 0 Å². The van der Waals surface area contributed by atoms with E-state index in [9.17, 15) is 18.0 Å². The van der Waals surface area contributed by atoms with Crippen molar-refractivity contribution in [2.24, 2.45) is 5.92 Å². The number of rotatable bonds is 6. The summed E-state index contributed by atoms with van der Waals surface area (Å²) in [5.41, 5.74) is 0.890. The first kappa shape index (κ1) is 18.5. The van der Waals surface area contributed by atoms with Gasteiger partial charge in [0.2, 0.25) is 5.91 Å². The maximum atomic E-state index is 12.3. The fraction of sp³-hybridized carbons (Fsp3) is 0.176. The van der Waals surface area contributed by atoms with Crippen molar-refractivity contribution in [3.05, 3.63) is 54.1 Å². The molecule has 0 bridgehead atoms. The van der Waals surface area contributed by atoms with Gasteiger partial charge in [-0.2, -0.15) is 0 Å². The molecule has 1 amide bonds. The van der Waals surface area contributed by atoms with Crippen LogP contribution in [0.15, 0.2) is 53.4 Å². The minimum absolute atomic E-state index is 0.00389. The van der Waals surface area contributed by atoms with Gasteiger partial charge in [0.1, 0.15) is 0 Å². The van der Waals surface area contributed by atoms with Gasteiger partial charge in [0, 0.05) is 17.3 Å². The molecule has 0 aliphatic heterocycles. The molecule has 0 saturated heterocycles. The lowest BCUT2D eigenvalue weighted by molar-refractivity contribution is -0.118. The quantitative estimate of drug-likeness (QED) is 0.731. The largest absolute Gasteiger partial charge is 0.478 e. The van der Waals surface area contributed by atoms with E-state index in [2.05, 4.69) is 10.0 Å². The first-order valence-corrected chi connectivity index (χ1v) is 8.94. The third-order valence-corrected chi connectivity index (χ3v) is 4.74. The number of hydrogen-bond donors (Lipinski definition) is 3. The minimum atomic E-state index is -3.84. The molecule has 0 aliphatic carbocycles. The Hall–Kier alpha value is -2.87. The standard InChI is InChI=1S/C17H18N2O5S/c1-11(2)16(20)18-13-5-7-14(8-6-13)19-25(23,24)15-9-3-12(4-10-15)17(21)22/h3-11,19H,1-2H3,(H,18,20)(H,21,22). The van der Waals surface area contributed by atoms with Gasteiger partial charge in [-0.05, 0) is 48.5 Å². The van der Waals surface area contributed by atoms with Crippen LogP contribution in [-0.2, 0) is 14.8 Å². The van der Waals surface area contributed by atoms with Crippen LogP contribution in [0.3, 0.4) is 0 Å². The number of hydrogen-bond acceptors (Lipinski definition) is 4. The van der Waals surface area contributed by atoms with Crippen LogP contribution in [0.1, 0.15) is 24.2 Å².